The molecule has 1 heterocycles. The summed E-state index contributed by atoms with van der Waals surface area (Å²) in [6.07, 6.45) is 3.43. The quantitative estimate of drug-likeness (QED) is 0.459. The van der Waals surface area contributed by atoms with Crippen LogP contribution in [0.3, 0.4) is 0 Å². The summed E-state index contributed by atoms with van der Waals surface area (Å²) in [6.45, 7) is 2.58. The van der Waals surface area contributed by atoms with Crippen molar-refractivity contribution < 1.29 is 9.53 Å². The number of rotatable bonds is 6. The molecule has 1 amide bonds. The van der Waals surface area contributed by atoms with E-state index in [1.54, 1.807) is 13.2 Å². The van der Waals surface area contributed by atoms with Gasteiger partial charge in [0.25, 0.3) is 0 Å². The molecule has 0 aliphatic heterocycles. The molecule has 0 aliphatic rings. The van der Waals surface area contributed by atoms with E-state index in [0.717, 1.165) is 39.2 Å². The summed E-state index contributed by atoms with van der Waals surface area (Å²) in [7, 11) is 1.63. The van der Waals surface area contributed by atoms with E-state index in [2.05, 4.69) is 20.9 Å². The van der Waals surface area contributed by atoms with Crippen molar-refractivity contribution in [3.8, 4) is 5.75 Å². The molecular formula is C25H23N3O2. The number of nitrogens with zero attached hydrogens (tertiary/aromatic N) is 2. The van der Waals surface area contributed by atoms with Gasteiger partial charge in [-0.3, -0.25) is 4.79 Å². The molecule has 4 rings (SSSR count). The lowest BCUT2D eigenvalue weighted by Gasteiger charge is -2.10. The molecule has 0 spiro atoms. The second kappa shape index (κ2) is 8.66. The molecule has 0 radical (unpaired) electrons. The van der Waals surface area contributed by atoms with E-state index in [-0.39, 0.29) is 5.91 Å². The van der Waals surface area contributed by atoms with Crippen molar-refractivity contribution >= 4 is 28.2 Å². The van der Waals surface area contributed by atoms with Gasteiger partial charge in [-0.1, -0.05) is 42.5 Å². The molecule has 3 aromatic carbocycles. The summed E-state index contributed by atoms with van der Waals surface area (Å²) in [4.78, 5) is 17.0. The molecule has 150 valence electrons. The first-order chi connectivity index (χ1) is 14.6. The lowest BCUT2D eigenvalue weighted by molar-refractivity contribution is -0.111. The Morgan fingerprint density at radius 3 is 2.73 bits per heavy atom. The minimum Gasteiger partial charge on any atom is -0.496 e. The first-order valence-corrected chi connectivity index (χ1v) is 9.75. The van der Waals surface area contributed by atoms with Crippen molar-refractivity contribution in [2.75, 3.05) is 12.4 Å². The molecule has 0 saturated carbocycles. The minimum absolute atomic E-state index is 0.177. The van der Waals surface area contributed by atoms with Crippen molar-refractivity contribution in [2.24, 2.45) is 0 Å². The Labute approximate surface area is 175 Å². The van der Waals surface area contributed by atoms with Gasteiger partial charge >= 0.3 is 0 Å². The predicted octanol–water partition coefficient (Wildman–Crippen LogP) is 5.14. The van der Waals surface area contributed by atoms with Gasteiger partial charge in [0.15, 0.2) is 0 Å². The van der Waals surface area contributed by atoms with E-state index in [1.807, 2.05) is 80.0 Å². The maximum absolute atomic E-state index is 12.6. The lowest BCUT2D eigenvalue weighted by atomic mass is 10.1. The largest absolute Gasteiger partial charge is 0.496 e. The lowest BCUT2D eigenvalue weighted by Crippen LogP contribution is -2.09. The highest BCUT2D eigenvalue weighted by Gasteiger charge is 2.07. The van der Waals surface area contributed by atoms with Crippen molar-refractivity contribution in [2.45, 2.75) is 13.5 Å². The topological polar surface area (TPSA) is 56.1 Å². The first-order valence-electron chi connectivity index (χ1n) is 9.75. The third-order valence-electron chi connectivity index (χ3n) is 4.95. The highest BCUT2D eigenvalue weighted by atomic mass is 16.5. The van der Waals surface area contributed by atoms with E-state index in [1.165, 1.54) is 0 Å². The number of carbonyl (C=O) groups is 1. The van der Waals surface area contributed by atoms with Crippen molar-refractivity contribution in [3.63, 3.8) is 0 Å². The van der Waals surface area contributed by atoms with Crippen LogP contribution in [-0.2, 0) is 11.3 Å². The Kier molecular flexibility index (Phi) is 5.61. The number of methoxy groups -OCH3 is 1. The van der Waals surface area contributed by atoms with E-state index in [9.17, 15) is 4.79 Å². The van der Waals surface area contributed by atoms with Crippen LogP contribution in [0.1, 0.15) is 18.1 Å². The van der Waals surface area contributed by atoms with Gasteiger partial charge in [-0.15, -0.1) is 0 Å². The van der Waals surface area contributed by atoms with Crippen LogP contribution in [-0.4, -0.2) is 22.6 Å². The zero-order valence-electron chi connectivity index (χ0n) is 17.0. The summed E-state index contributed by atoms with van der Waals surface area (Å²) in [5.74, 6) is 0.567. The summed E-state index contributed by atoms with van der Waals surface area (Å²) in [5, 5.41) is 2.96. The Hall–Kier alpha value is -3.86. The number of hydrogen-bond donors (Lipinski definition) is 1. The molecule has 4 aromatic rings. The number of hydrogen-bond acceptors (Lipinski definition) is 3. The molecule has 1 N–H and O–H groups in total. The number of anilines is 1. The molecule has 0 aliphatic carbocycles. The number of ether oxygens (including phenoxy) is 1. The van der Waals surface area contributed by atoms with Gasteiger partial charge in [0.1, 0.15) is 5.75 Å². The Bertz CT molecular complexity index is 1220. The van der Waals surface area contributed by atoms with Crippen LogP contribution in [0.25, 0.3) is 16.6 Å². The third-order valence-corrected chi connectivity index (χ3v) is 4.95. The number of carbonyl (C=O) groups excluding carboxylic acids is 1. The first kappa shape index (κ1) is 19.5. The number of fused-ring (bicyclic) bond motifs is 1. The number of nitrogens with one attached hydrogen (secondary N) is 1. The van der Waals surface area contributed by atoms with Crippen LogP contribution in [0.4, 0.5) is 5.69 Å². The van der Waals surface area contributed by atoms with Gasteiger partial charge in [-0.25, -0.2) is 4.98 Å². The number of allylic oxidation sites excluding steroid dienone is 1. The zero-order valence-corrected chi connectivity index (χ0v) is 17.0. The van der Waals surface area contributed by atoms with Crippen LogP contribution in [0.2, 0.25) is 0 Å². The van der Waals surface area contributed by atoms with Gasteiger partial charge in [0.2, 0.25) is 5.91 Å². The number of aromatic nitrogens is 2. The molecular weight excluding hydrogens is 374 g/mol. The SMILES string of the molecule is COc1ccccc1/C(C)=C/C(=O)Nc1cccc(Cn2cnc3ccccc32)c1. The van der Waals surface area contributed by atoms with Crippen LogP contribution >= 0.6 is 0 Å². The minimum atomic E-state index is -0.177. The summed E-state index contributed by atoms with van der Waals surface area (Å²) in [6, 6.07) is 23.6. The van der Waals surface area contributed by atoms with Gasteiger partial charge in [0.05, 0.1) is 24.5 Å². The molecule has 1 aromatic heterocycles. The normalized spacial score (nSPS) is 11.5. The van der Waals surface area contributed by atoms with Crippen LogP contribution in [0.15, 0.2) is 85.2 Å². The van der Waals surface area contributed by atoms with Gasteiger partial charge in [-0.2, -0.15) is 0 Å². The van der Waals surface area contributed by atoms with E-state index >= 15 is 0 Å². The highest BCUT2D eigenvalue weighted by Crippen LogP contribution is 2.25. The Morgan fingerprint density at radius 1 is 1.07 bits per heavy atom. The van der Waals surface area contributed by atoms with Crippen molar-refractivity contribution in [3.05, 3.63) is 96.3 Å². The molecule has 0 atom stereocenters. The molecule has 0 fully saturated rings. The summed E-state index contributed by atoms with van der Waals surface area (Å²) < 4.78 is 7.48. The van der Waals surface area contributed by atoms with Gasteiger partial charge in [-0.05, 0) is 48.4 Å². The smallest absolute Gasteiger partial charge is 0.248 e. The average molecular weight is 397 g/mol. The Morgan fingerprint density at radius 2 is 1.87 bits per heavy atom. The van der Waals surface area contributed by atoms with E-state index in [4.69, 9.17) is 4.74 Å². The standard InChI is InChI=1S/C25H23N3O2/c1-18(21-10-3-6-13-24(21)30-2)14-25(29)27-20-9-7-8-19(15-20)16-28-17-26-22-11-4-5-12-23(22)28/h3-15,17H,16H2,1-2H3,(H,27,29)/b18-14+. The van der Waals surface area contributed by atoms with E-state index in [0.29, 0.717) is 6.54 Å². The van der Waals surface area contributed by atoms with Crippen LogP contribution < -0.4 is 10.1 Å². The fourth-order valence-electron chi connectivity index (χ4n) is 3.50. The van der Waals surface area contributed by atoms with Crippen LogP contribution in [0.5, 0.6) is 5.75 Å². The average Bonchev–Trinajstić information content (AvgIpc) is 3.16. The molecule has 5 nitrogen and oxygen atoms in total. The molecule has 0 unspecified atom stereocenters. The monoisotopic (exact) mass is 397 g/mol. The van der Waals surface area contributed by atoms with Gasteiger partial charge < -0.3 is 14.6 Å². The van der Waals surface area contributed by atoms with Crippen molar-refractivity contribution in [1.82, 2.24) is 9.55 Å². The second-order valence-electron chi connectivity index (χ2n) is 7.08. The second-order valence-corrected chi connectivity index (χ2v) is 7.08. The number of benzene rings is 3. The molecule has 30 heavy (non-hydrogen) atoms. The summed E-state index contributed by atoms with van der Waals surface area (Å²) >= 11 is 0. The third kappa shape index (κ3) is 4.25. The van der Waals surface area contributed by atoms with Crippen molar-refractivity contribution in [1.29, 1.82) is 0 Å². The predicted molar refractivity (Wildman–Crippen MR) is 121 cm³/mol. The Balaban J connectivity index is 1.49. The summed E-state index contributed by atoms with van der Waals surface area (Å²) in [5.41, 5.74) is 5.63. The fraction of sp³-hybridized carbons (Fsp3) is 0.120. The number of amides is 1. The zero-order chi connectivity index (χ0) is 20.9. The molecule has 0 bridgehead atoms. The maximum atomic E-state index is 12.6. The molecule has 0 saturated heterocycles. The highest BCUT2D eigenvalue weighted by molar-refractivity contribution is 6.04. The number of para-hydroxylation sites is 3. The van der Waals surface area contributed by atoms with Crippen LogP contribution in [0, 0.1) is 0 Å². The van der Waals surface area contributed by atoms with Gasteiger partial charge in [0, 0.05) is 23.9 Å². The fourth-order valence-corrected chi connectivity index (χ4v) is 3.50. The van der Waals surface area contributed by atoms with E-state index < -0.39 is 0 Å². The molecule has 5 heteroatoms. The maximum Gasteiger partial charge on any atom is 0.248 e. The number of imidazole rings is 1.